The molecule has 0 bridgehead atoms. The van der Waals surface area contributed by atoms with Gasteiger partial charge in [0, 0.05) is 43.5 Å². The first-order valence-electron chi connectivity index (χ1n) is 9.99. The fourth-order valence-electron chi connectivity index (χ4n) is 3.25. The minimum atomic E-state index is -0.361. The Balaban J connectivity index is 1.55. The molecule has 0 spiro atoms. The summed E-state index contributed by atoms with van der Waals surface area (Å²) in [6, 6.07) is 4.80. The van der Waals surface area contributed by atoms with E-state index in [1.807, 2.05) is 0 Å². The van der Waals surface area contributed by atoms with E-state index in [0.29, 0.717) is 37.1 Å². The number of nitrogens with one attached hydrogen (secondary N) is 1. The summed E-state index contributed by atoms with van der Waals surface area (Å²) in [5, 5.41) is 11.6. The number of ether oxygens (including phenoxy) is 1. The molecule has 0 aliphatic heterocycles. The zero-order chi connectivity index (χ0) is 20.1. The number of halogens is 1. The van der Waals surface area contributed by atoms with Gasteiger partial charge in [0.2, 0.25) is 5.91 Å². The van der Waals surface area contributed by atoms with Crippen LogP contribution in [-0.4, -0.2) is 27.8 Å². The predicted octanol–water partition coefficient (Wildman–Crippen LogP) is 3.60. The van der Waals surface area contributed by atoms with Crippen molar-refractivity contribution in [2.24, 2.45) is 5.92 Å². The number of carbonyl (C=O) groups excluding carboxylic acids is 1. The second-order valence-corrected chi connectivity index (χ2v) is 7.80. The van der Waals surface area contributed by atoms with Crippen molar-refractivity contribution in [1.82, 2.24) is 20.1 Å². The van der Waals surface area contributed by atoms with Crippen molar-refractivity contribution in [3.05, 3.63) is 41.2 Å². The normalized spacial score (nSPS) is 13.8. The van der Waals surface area contributed by atoms with E-state index in [9.17, 15) is 9.18 Å². The quantitative estimate of drug-likeness (QED) is 0.675. The number of aromatic nitrogens is 3. The highest BCUT2D eigenvalue weighted by molar-refractivity contribution is 5.76. The number of nitrogens with zero attached hydrogens (tertiary/aromatic N) is 3. The van der Waals surface area contributed by atoms with Gasteiger partial charge in [-0.2, -0.15) is 0 Å². The van der Waals surface area contributed by atoms with Crippen LogP contribution in [0.3, 0.4) is 0 Å². The van der Waals surface area contributed by atoms with Gasteiger partial charge in [-0.15, -0.1) is 10.2 Å². The van der Waals surface area contributed by atoms with Crippen LogP contribution in [-0.2, 0) is 24.2 Å². The first kappa shape index (κ1) is 20.3. The molecular formula is C21H29FN4O2. The molecule has 1 amide bonds. The third-order valence-corrected chi connectivity index (χ3v) is 5.00. The molecule has 3 rings (SSSR count). The molecule has 1 aromatic carbocycles. The number of amides is 1. The Morgan fingerprint density at radius 3 is 2.64 bits per heavy atom. The number of hydrogen-bond donors (Lipinski definition) is 1. The maximum Gasteiger partial charge on any atom is 0.220 e. The first-order chi connectivity index (χ1) is 13.5. The Bertz CT molecular complexity index is 815. The minimum Gasteiger partial charge on any atom is -0.496 e. The van der Waals surface area contributed by atoms with E-state index >= 15 is 0 Å². The molecule has 0 radical (unpaired) electrons. The molecule has 1 N–H and O–H groups in total. The number of rotatable bonds is 10. The maximum absolute atomic E-state index is 13.3. The van der Waals surface area contributed by atoms with Crippen LogP contribution in [0.1, 0.15) is 62.8 Å². The third kappa shape index (κ3) is 5.30. The zero-order valence-electron chi connectivity index (χ0n) is 16.9. The van der Waals surface area contributed by atoms with E-state index in [1.165, 1.54) is 19.2 Å². The van der Waals surface area contributed by atoms with E-state index in [2.05, 4.69) is 33.9 Å². The first-order valence-corrected chi connectivity index (χ1v) is 9.99. The van der Waals surface area contributed by atoms with Gasteiger partial charge in [0.05, 0.1) is 7.11 Å². The lowest BCUT2D eigenvalue weighted by atomic mass is 10.1. The summed E-state index contributed by atoms with van der Waals surface area (Å²) in [5.41, 5.74) is 0.745. The average molecular weight is 388 g/mol. The summed E-state index contributed by atoms with van der Waals surface area (Å²) in [6.45, 7) is 4.72. The van der Waals surface area contributed by atoms with Crippen LogP contribution in [0, 0.1) is 11.7 Å². The number of carbonyl (C=O) groups is 1. The van der Waals surface area contributed by atoms with Crippen molar-refractivity contribution < 1.29 is 13.9 Å². The van der Waals surface area contributed by atoms with Crippen LogP contribution >= 0.6 is 0 Å². The summed E-state index contributed by atoms with van der Waals surface area (Å²) in [7, 11) is 1.49. The van der Waals surface area contributed by atoms with Crippen molar-refractivity contribution in [2.75, 3.05) is 7.11 Å². The van der Waals surface area contributed by atoms with Gasteiger partial charge in [-0.3, -0.25) is 4.79 Å². The molecule has 7 heteroatoms. The summed E-state index contributed by atoms with van der Waals surface area (Å²) in [4.78, 5) is 12.3. The van der Waals surface area contributed by atoms with Crippen molar-refractivity contribution in [1.29, 1.82) is 0 Å². The second-order valence-electron chi connectivity index (χ2n) is 7.80. The lowest BCUT2D eigenvalue weighted by molar-refractivity contribution is -0.121. The molecular weight excluding hydrogens is 359 g/mol. The van der Waals surface area contributed by atoms with Gasteiger partial charge < -0.3 is 14.6 Å². The van der Waals surface area contributed by atoms with E-state index in [-0.39, 0.29) is 11.7 Å². The van der Waals surface area contributed by atoms with Crippen LogP contribution in [0.15, 0.2) is 18.2 Å². The van der Waals surface area contributed by atoms with Crippen LogP contribution in [0.25, 0.3) is 0 Å². The van der Waals surface area contributed by atoms with E-state index < -0.39 is 0 Å². The van der Waals surface area contributed by atoms with E-state index in [1.54, 1.807) is 6.07 Å². The molecule has 1 aliphatic carbocycles. The molecule has 1 saturated carbocycles. The smallest absolute Gasteiger partial charge is 0.220 e. The van der Waals surface area contributed by atoms with Gasteiger partial charge in [-0.1, -0.05) is 19.9 Å². The fourth-order valence-corrected chi connectivity index (χ4v) is 3.25. The number of hydrogen-bond acceptors (Lipinski definition) is 4. The van der Waals surface area contributed by atoms with Gasteiger partial charge >= 0.3 is 0 Å². The Morgan fingerprint density at radius 1 is 1.29 bits per heavy atom. The Hall–Kier alpha value is -2.44. The van der Waals surface area contributed by atoms with Gasteiger partial charge in [0.25, 0.3) is 0 Å². The largest absolute Gasteiger partial charge is 0.496 e. The summed E-state index contributed by atoms with van der Waals surface area (Å²) < 4.78 is 20.7. The Labute approximate surface area is 165 Å². The number of methoxy groups -OCH3 is 1. The highest BCUT2D eigenvalue weighted by Gasteiger charge is 2.29. The maximum atomic E-state index is 13.3. The lowest BCUT2D eigenvalue weighted by Gasteiger charge is -2.11. The molecule has 1 aliphatic rings. The van der Waals surface area contributed by atoms with Crippen molar-refractivity contribution in [3.63, 3.8) is 0 Å². The monoisotopic (exact) mass is 388 g/mol. The number of aryl methyl sites for hydroxylation is 2. The molecule has 28 heavy (non-hydrogen) atoms. The zero-order valence-corrected chi connectivity index (χ0v) is 16.9. The lowest BCUT2D eigenvalue weighted by Crippen LogP contribution is -2.24. The van der Waals surface area contributed by atoms with Gasteiger partial charge in [-0.05, 0) is 31.2 Å². The standard InChI is InChI=1S/C21H29FN4O2/c1-14(2)4-9-19-24-25-20(26(19)17-7-8-17)10-11-21(27)23-13-15-5-6-16(22)12-18(15)28-3/h5-6,12,14,17H,4,7-11,13H2,1-3H3,(H,23,27). The van der Waals surface area contributed by atoms with Crippen molar-refractivity contribution >= 4 is 5.91 Å². The van der Waals surface area contributed by atoms with Gasteiger partial charge in [0.1, 0.15) is 23.2 Å². The van der Waals surface area contributed by atoms with E-state index in [4.69, 9.17) is 4.74 Å². The number of benzene rings is 1. The van der Waals surface area contributed by atoms with Gasteiger partial charge in [0.15, 0.2) is 0 Å². The average Bonchev–Trinajstić information content (AvgIpc) is 3.43. The molecule has 6 nitrogen and oxygen atoms in total. The Morgan fingerprint density at radius 2 is 2.00 bits per heavy atom. The molecule has 0 atom stereocenters. The van der Waals surface area contributed by atoms with E-state index in [0.717, 1.165) is 42.9 Å². The third-order valence-electron chi connectivity index (χ3n) is 5.00. The highest BCUT2D eigenvalue weighted by atomic mass is 19.1. The summed E-state index contributed by atoms with van der Waals surface area (Å²) in [5.74, 6) is 2.57. The molecule has 1 heterocycles. The SMILES string of the molecule is COc1cc(F)ccc1CNC(=O)CCc1nnc(CCC(C)C)n1C1CC1. The minimum absolute atomic E-state index is 0.0690. The molecule has 0 saturated heterocycles. The highest BCUT2D eigenvalue weighted by Crippen LogP contribution is 2.37. The molecule has 1 fully saturated rings. The van der Waals surface area contributed by atoms with Crippen LogP contribution in [0.4, 0.5) is 4.39 Å². The summed E-state index contributed by atoms with van der Waals surface area (Å²) >= 11 is 0. The van der Waals surface area contributed by atoms with Crippen LogP contribution < -0.4 is 10.1 Å². The Kier molecular flexibility index (Phi) is 6.65. The topological polar surface area (TPSA) is 69.0 Å². The van der Waals surface area contributed by atoms with Crippen molar-refractivity contribution in [2.45, 2.75) is 65.0 Å². The molecule has 2 aromatic rings. The van der Waals surface area contributed by atoms with Gasteiger partial charge in [-0.25, -0.2) is 4.39 Å². The summed E-state index contributed by atoms with van der Waals surface area (Å²) in [6.07, 6.45) is 5.26. The van der Waals surface area contributed by atoms with Crippen LogP contribution in [0.2, 0.25) is 0 Å². The molecule has 0 unspecified atom stereocenters. The molecule has 152 valence electrons. The second kappa shape index (κ2) is 9.17. The molecule has 1 aromatic heterocycles. The fraction of sp³-hybridized carbons (Fsp3) is 0.571. The van der Waals surface area contributed by atoms with Crippen molar-refractivity contribution in [3.8, 4) is 5.75 Å². The predicted molar refractivity (Wildman–Crippen MR) is 105 cm³/mol. The van der Waals surface area contributed by atoms with Crippen LogP contribution in [0.5, 0.6) is 5.75 Å².